The average molecular weight is 308 g/mol. The summed E-state index contributed by atoms with van der Waals surface area (Å²) in [5.74, 6) is 0.775. The molecular formula is C18H16N2O3. The number of ether oxygens (including phenoxy) is 2. The molecule has 0 unspecified atom stereocenters. The summed E-state index contributed by atoms with van der Waals surface area (Å²) >= 11 is 0. The van der Waals surface area contributed by atoms with Crippen molar-refractivity contribution < 1.29 is 14.3 Å². The maximum atomic E-state index is 12.3. The number of aliphatic imine (C=N–C) groups is 1. The van der Waals surface area contributed by atoms with Crippen LogP contribution in [0.5, 0.6) is 5.75 Å². The molecule has 0 spiro atoms. The molecular weight excluding hydrogens is 292 g/mol. The van der Waals surface area contributed by atoms with Crippen molar-refractivity contribution in [2.75, 3.05) is 14.2 Å². The third kappa shape index (κ3) is 3.23. The van der Waals surface area contributed by atoms with Crippen LogP contribution in [0.15, 0.2) is 65.3 Å². The molecule has 0 saturated carbocycles. The lowest BCUT2D eigenvalue weighted by Gasteiger charge is -2.04. The van der Waals surface area contributed by atoms with E-state index >= 15 is 0 Å². The zero-order valence-corrected chi connectivity index (χ0v) is 12.9. The van der Waals surface area contributed by atoms with Crippen molar-refractivity contribution in [2.24, 2.45) is 4.99 Å². The van der Waals surface area contributed by atoms with Gasteiger partial charge in [0.15, 0.2) is 5.76 Å². The zero-order valence-electron chi connectivity index (χ0n) is 12.9. The second kappa shape index (κ2) is 6.36. The molecule has 0 atom stereocenters. The molecule has 1 amide bonds. The molecule has 1 heterocycles. The first-order valence-corrected chi connectivity index (χ1v) is 7.13. The van der Waals surface area contributed by atoms with Gasteiger partial charge in [0, 0.05) is 7.05 Å². The molecule has 5 heteroatoms. The van der Waals surface area contributed by atoms with Gasteiger partial charge in [-0.2, -0.15) is 4.99 Å². The molecule has 0 N–H and O–H groups in total. The van der Waals surface area contributed by atoms with Crippen molar-refractivity contribution in [3.63, 3.8) is 0 Å². The predicted octanol–water partition coefficient (Wildman–Crippen LogP) is 3.21. The molecule has 1 saturated heterocycles. The highest BCUT2D eigenvalue weighted by molar-refractivity contribution is 6.11. The second-order valence-corrected chi connectivity index (χ2v) is 4.98. The van der Waals surface area contributed by atoms with Gasteiger partial charge in [-0.25, -0.2) is 0 Å². The summed E-state index contributed by atoms with van der Waals surface area (Å²) in [6.07, 6.45) is 1.69. The summed E-state index contributed by atoms with van der Waals surface area (Å²) in [5, 5.41) is 0. The Morgan fingerprint density at radius 1 is 1.09 bits per heavy atom. The van der Waals surface area contributed by atoms with E-state index in [-0.39, 0.29) is 17.7 Å². The van der Waals surface area contributed by atoms with E-state index in [4.69, 9.17) is 9.47 Å². The van der Waals surface area contributed by atoms with Crippen LogP contribution in [0.3, 0.4) is 0 Å². The van der Waals surface area contributed by atoms with Crippen LogP contribution in [-0.4, -0.2) is 31.0 Å². The molecule has 23 heavy (non-hydrogen) atoms. The zero-order chi connectivity index (χ0) is 16.2. The Hall–Kier alpha value is -3.08. The first kappa shape index (κ1) is 14.8. The van der Waals surface area contributed by atoms with E-state index in [1.54, 1.807) is 20.2 Å². The Labute approximate surface area is 134 Å². The Morgan fingerprint density at radius 2 is 1.78 bits per heavy atom. The van der Waals surface area contributed by atoms with Gasteiger partial charge >= 0.3 is 6.02 Å². The molecule has 0 bridgehead atoms. The number of carbonyl (C=O) groups excluding carboxylic acids is 1. The molecule has 116 valence electrons. The normalized spacial score (nSPS) is 17.7. The molecule has 1 fully saturated rings. The summed E-state index contributed by atoms with van der Waals surface area (Å²) in [7, 11) is 3.25. The number of hydrogen-bond donors (Lipinski definition) is 0. The van der Waals surface area contributed by atoms with Crippen molar-refractivity contribution in [3.05, 3.63) is 65.9 Å². The first-order chi connectivity index (χ1) is 11.2. The first-order valence-electron chi connectivity index (χ1n) is 7.13. The van der Waals surface area contributed by atoms with Crippen molar-refractivity contribution in [2.45, 2.75) is 0 Å². The second-order valence-electron chi connectivity index (χ2n) is 4.98. The van der Waals surface area contributed by atoms with Gasteiger partial charge in [0.1, 0.15) is 5.75 Å². The molecule has 1 aliphatic heterocycles. The lowest BCUT2D eigenvalue weighted by Crippen LogP contribution is -2.24. The van der Waals surface area contributed by atoms with Crippen LogP contribution >= 0.6 is 0 Å². The quantitative estimate of drug-likeness (QED) is 0.818. The van der Waals surface area contributed by atoms with Gasteiger partial charge in [0.2, 0.25) is 0 Å². The van der Waals surface area contributed by atoms with Crippen LogP contribution < -0.4 is 4.74 Å². The number of rotatable bonds is 3. The third-order valence-corrected chi connectivity index (χ3v) is 3.40. The van der Waals surface area contributed by atoms with E-state index in [2.05, 4.69) is 4.99 Å². The van der Waals surface area contributed by atoms with Gasteiger partial charge in [-0.05, 0) is 35.9 Å². The molecule has 1 aliphatic rings. The Morgan fingerprint density at radius 3 is 2.43 bits per heavy atom. The average Bonchev–Trinajstić information content (AvgIpc) is 2.84. The van der Waals surface area contributed by atoms with Crippen LogP contribution in [0.1, 0.15) is 5.56 Å². The predicted molar refractivity (Wildman–Crippen MR) is 88.4 cm³/mol. The molecule has 0 aliphatic carbocycles. The summed E-state index contributed by atoms with van der Waals surface area (Å²) < 4.78 is 10.7. The maximum absolute atomic E-state index is 12.3. The van der Waals surface area contributed by atoms with Crippen molar-refractivity contribution in [3.8, 4) is 5.75 Å². The Bertz CT molecular complexity index is 765. The van der Waals surface area contributed by atoms with Crippen LogP contribution in [0.4, 0.5) is 5.69 Å². The van der Waals surface area contributed by atoms with Gasteiger partial charge in [-0.1, -0.05) is 30.3 Å². The molecule has 0 aromatic heterocycles. The largest absolute Gasteiger partial charge is 0.497 e. The Balaban J connectivity index is 1.85. The van der Waals surface area contributed by atoms with E-state index in [1.807, 2.05) is 54.6 Å². The SMILES string of the molecule is COc1ccc(C=C2OC(=Nc3ccccc3)N(C)C2=O)cc1. The summed E-state index contributed by atoms with van der Waals surface area (Å²) in [6.45, 7) is 0. The van der Waals surface area contributed by atoms with Gasteiger partial charge in [0.05, 0.1) is 12.8 Å². The van der Waals surface area contributed by atoms with E-state index in [1.165, 1.54) is 4.90 Å². The fraction of sp³-hybridized carbons (Fsp3) is 0.111. The van der Waals surface area contributed by atoms with Gasteiger partial charge < -0.3 is 9.47 Å². The third-order valence-electron chi connectivity index (χ3n) is 3.40. The number of likely N-dealkylation sites (N-methyl/N-ethyl adjacent to an activating group) is 1. The van der Waals surface area contributed by atoms with Gasteiger partial charge in [-0.3, -0.25) is 9.69 Å². The van der Waals surface area contributed by atoms with Crippen molar-refractivity contribution >= 4 is 23.7 Å². The fourth-order valence-corrected chi connectivity index (χ4v) is 2.12. The smallest absolute Gasteiger partial charge is 0.305 e. The standard InChI is InChI=1S/C18H16N2O3/c1-20-17(21)16(12-13-8-10-15(22-2)11-9-13)23-18(20)19-14-6-4-3-5-7-14/h3-12H,1-2H3. The van der Waals surface area contributed by atoms with Crippen LogP contribution in [0, 0.1) is 0 Å². The number of nitrogens with zero attached hydrogens (tertiary/aromatic N) is 2. The Kier molecular flexibility index (Phi) is 4.10. The molecule has 2 aromatic carbocycles. The van der Waals surface area contributed by atoms with Gasteiger partial charge in [0.25, 0.3) is 5.91 Å². The highest BCUT2D eigenvalue weighted by Crippen LogP contribution is 2.22. The number of para-hydroxylation sites is 1. The highest BCUT2D eigenvalue weighted by atomic mass is 16.5. The number of amides is 1. The maximum Gasteiger partial charge on any atom is 0.305 e. The van der Waals surface area contributed by atoms with Crippen LogP contribution in [0.25, 0.3) is 6.08 Å². The molecule has 5 nitrogen and oxygen atoms in total. The monoisotopic (exact) mass is 308 g/mol. The number of amidine groups is 1. The topological polar surface area (TPSA) is 51.1 Å². The lowest BCUT2D eigenvalue weighted by molar-refractivity contribution is -0.122. The van der Waals surface area contributed by atoms with E-state index in [9.17, 15) is 4.79 Å². The number of methoxy groups -OCH3 is 1. The van der Waals surface area contributed by atoms with E-state index < -0.39 is 0 Å². The van der Waals surface area contributed by atoms with Crippen LogP contribution in [-0.2, 0) is 9.53 Å². The minimum Gasteiger partial charge on any atom is -0.497 e. The molecule has 3 rings (SSSR count). The number of benzene rings is 2. The van der Waals surface area contributed by atoms with Crippen molar-refractivity contribution in [1.82, 2.24) is 4.90 Å². The molecule has 2 aromatic rings. The number of hydrogen-bond acceptors (Lipinski definition) is 4. The van der Waals surface area contributed by atoms with Crippen LogP contribution in [0.2, 0.25) is 0 Å². The highest BCUT2D eigenvalue weighted by Gasteiger charge is 2.31. The van der Waals surface area contributed by atoms with Crippen molar-refractivity contribution in [1.29, 1.82) is 0 Å². The fourth-order valence-electron chi connectivity index (χ4n) is 2.12. The summed E-state index contributed by atoms with van der Waals surface area (Å²) in [5.41, 5.74) is 1.58. The lowest BCUT2D eigenvalue weighted by atomic mass is 10.2. The number of carbonyl (C=O) groups is 1. The molecule has 0 radical (unpaired) electrons. The minimum absolute atomic E-state index is 0.226. The van der Waals surface area contributed by atoms with E-state index in [0.29, 0.717) is 0 Å². The minimum atomic E-state index is -0.226. The summed E-state index contributed by atoms with van der Waals surface area (Å²) in [4.78, 5) is 18.0. The van der Waals surface area contributed by atoms with E-state index in [0.717, 1.165) is 17.0 Å². The summed E-state index contributed by atoms with van der Waals surface area (Å²) in [6, 6.07) is 17.0. The van der Waals surface area contributed by atoms with Gasteiger partial charge in [-0.15, -0.1) is 0 Å².